The third kappa shape index (κ3) is 10.2. The first-order valence-corrected chi connectivity index (χ1v) is 25.1. The van der Waals surface area contributed by atoms with Crippen molar-refractivity contribution in [2.45, 2.75) is 124 Å². The van der Waals surface area contributed by atoms with Gasteiger partial charge in [-0.2, -0.15) is 0 Å². The second-order valence-corrected chi connectivity index (χ2v) is 20.2. The second kappa shape index (κ2) is 21.8. The normalized spacial score (nSPS) is 14.1. The van der Waals surface area contributed by atoms with Crippen molar-refractivity contribution in [3.8, 4) is 22.6 Å². The Kier molecular flexibility index (Phi) is 16.1. The molecule has 1 aliphatic rings. The van der Waals surface area contributed by atoms with Crippen LogP contribution in [-0.2, 0) is 0 Å². The molecule has 0 fully saturated rings. The standard InChI is InChI=1S/C54H64O2S3/c1-6-7-8-9-10-11-12-13-14-15-16-17-18-19-20-27-36-57-54-39(3)58-53(59-54)38(2)40-34-35-44-48(37-40)52(56-5)47-33-26-23-30-43(47)50(44)49-41-28-21-24-31-45(41)51(55-4)46-32-25-22-29-42(46)49/h21-26,28-35,37H,6-20,27,36H2,1-5H3/b53-38+. The Morgan fingerprint density at radius 3 is 1.36 bits per heavy atom. The van der Waals surface area contributed by atoms with E-state index in [2.05, 4.69) is 124 Å². The predicted octanol–water partition coefficient (Wildman–Crippen LogP) is 18.3. The molecule has 0 saturated heterocycles. The van der Waals surface area contributed by atoms with E-state index in [-0.39, 0.29) is 0 Å². The summed E-state index contributed by atoms with van der Waals surface area (Å²) in [6, 6.07) is 33.1. The van der Waals surface area contributed by atoms with Crippen LogP contribution >= 0.6 is 35.3 Å². The molecule has 0 atom stereocenters. The summed E-state index contributed by atoms with van der Waals surface area (Å²) in [7, 11) is 3.60. The summed E-state index contributed by atoms with van der Waals surface area (Å²) in [4.78, 5) is 1.44. The van der Waals surface area contributed by atoms with Gasteiger partial charge < -0.3 is 9.47 Å². The fourth-order valence-corrected chi connectivity index (χ4v) is 13.2. The van der Waals surface area contributed by atoms with Crippen molar-refractivity contribution in [1.82, 2.24) is 0 Å². The van der Waals surface area contributed by atoms with Gasteiger partial charge in [0.25, 0.3) is 0 Å². The highest BCUT2D eigenvalue weighted by Crippen LogP contribution is 2.56. The van der Waals surface area contributed by atoms with E-state index in [1.54, 1.807) is 7.11 Å². The summed E-state index contributed by atoms with van der Waals surface area (Å²) in [6.45, 7) is 6.90. The van der Waals surface area contributed by atoms with Crippen molar-refractivity contribution in [3.05, 3.63) is 110 Å². The van der Waals surface area contributed by atoms with Crippen LogP contribution in [0.4, 0.5) is 0 Å². The number of ether oxygens (including phenoxy) is 2. The van der Waals surface area contributed by atoms with Crippen LogP contribution in [-0.4, -0.2) is 20.0 Å². The highest BCUT2D eigenvalue weighted by atomic mass is 32.2. The second-order valence-electron chi connectivity index (χ2n) is 16.3. The van der Waals surface area contributed by atoms with Gasteiger partial charge in [0, 0.05) is 26.5 Å². The number of fused-ring (bicyclic) bond motifs is 4. The molecule has 1 heterocycles. The van der Waals surface area contributed by atoms with E-state index in [4.69, 9.17) is 9.47 Å². The molecule has 7 rings (SSSR count). The van der Waals surface area contributed by atoms with E-state index in [9.17, 15) is 0 Å². The topological polar surface area (TPSA) is 18.5 Å². The Morgan fingerprint density at radius 1 is 0.492 bits per heavy atom. The molecule has 5 heteroatoms. The van der Waals surface area contributed by atoms with E-state index < -0.39 is 0 Å². The van der Waals surface area contributed by atoms with E-state index in [0.717, 1.165) is 33.0 Å². The summed E-state index contributed by atoms with van der Waals surface area (Å²) in [6.07, 6.45) is 22.6. The number of hydrogen-bond donors (Lipinski definition) is 0. The molecule has 0 radical (unpaired) electrons. The van der Waals surface area contributed by atoms with Crippen molar-refractivity contribution in [2.75, 3.05) is 20.0 Å². The van der Waals surface area contributed by atoms with Gasteiger partial charge in [-0.25, -0.2) is 0 Å². The number of rotatable bonds is 22. The third-order valence-electron chi connectivity index (χ3n) is 12.2. The summed E-state index contributed by atoms with van der Waals surface area (Å²) in [5, 5.41) is 9.26. The van der Waals surface area contributed by atoms with Crippen molar-refractivity contribution >= 4 is 83.9 Å². The molecule has 310 valence electrons. The predicted molar refractivity (Wildman–Crippen MR) is 267 cm³/mol. The number of hydrogen-bond acceptors (Lipinski definition) is 5. The maximum atomic E-state index is 6.30. The van der Waals surface area contributed by atoms with Gasteiger partial charge >= 0.3 is 0 Å². The van der Waals surface area contributed by atoms with Crippen LogP contribution in [0, 0.1) is 0 Å². The number of unbranched alkanes of at least 4 members (excludes halogenated alkanes) is 15. The van der Waals surface area contributed by atoms with Gasteiger partial charge in [0.15, 0.2) is 0 Å². The maximum Gasteiger partial charge on any atom is 0.134 e. The smallest absolute Gasteiger partial charge is 0.134 e. The lowest BCUT2D eigenvalue weighted by Gasteiger charge is -2.21. The lowest BCUT2D eigenvalue weighted by Crippen LogP contribution is -1.96. The minimum Gasteiger partial charge on any atom is -0.495 e. The van der Waals surface area contributed by atoms with Gasteiger partial charge in [-0.05, 0) is 75.9 Å². The number of thioether (sulfide) groups is 3. The Bertz CT molecular complexity index is 2370. The quantitative estimate of drug-likeness (QED) is 0.0499. The van der Waals surface area contributed by atoms with Crippen LogP contribution in [0.2, 0.25) is 0 Å². The lowest BCUT2D eigenvalue weighted by atomic mass is 9.85. The van der Waals surface area contributed by atoms with Crippen molar-refractivity contribution in [2.24, 2.45) is 0 Å². The zero-order chi connectivity index (χ0) is 41.0. The minimum absolute atomic E-state index is 0.921. The molecule has 0 aliphatic carbocycles. The molecule has 0 aromatic heterocycles. The van der Waals surface area contributed by atoms with Gasteiger partial charge in [0.05, 0.1) is 22.7 Å². The fraction of sp³-hybridized carbons (Fsp3) is 0.407. The van der Waals surface area contributed by atoms with E-state index in [1.165, 1.54) is 166 Å². The average molecular weight is 841 g/mol. The van der Waals surface area contributed by atoms with E-state index in [1.807, 2.05) is 30.6 Å². The molecule has 1 aliphatic heterocycles. The van der Waals surface area contributed by atoms with Gasteiger partial charge in [-0.3, -0.25) is 0 Å². The molecule has 2 nitrogen and oxygen atoms in total. The van der Waals surface area contributed by atoms with Crippen LogP contribution in [0.15, 0.2) is 104 Å². The van der Waals surface area contributed by atoms with Crippen molar-refractivity contribution < 1.29 is 9.47 Å². The molecule has 0 N–H and O–H groups in total. The lowest BCUT2D eigenvalue weighted by molar-refractivity contribution is 0.424. The zero-order valence-electron chi connectivity index (χ0n) is 36.2. The first-order valence-electron chi connectivity index (χ1n) is 22.5. The van der Waals surface area contributed by atoms with Crippen LogP contribution in [0.3, 0.4) is 0 Å². The highest BCUT2D eigenvalue weighted by molar-refractivity contribution is 8.35. The fourth-order valence-electron chi connectivity index (χ4n) is 9.01. The van der Waals surface area contributed by atoms with Crippen molar-refractivity contribution in [1.29, 1.82) is 0 Å². The van der Waals surface area contributed by atoms with Gasteiger partial charge in [0.1, 0.15) is 11.5 Å². The van der Waals surface area contributed by atoms with E-state index >= 15 is 0 Å². The molecule has 0 bridgehead atoms. The van der Waals surface area contributed by atoms with Gasteiger partial charge in [-0.1, -0.05) is 212 Å². The summed E-state index contributed by atoms with van der Waals surface area (Å²) >= 11 is 5.99. The molecule has 0 saturated carbocycles. The Hall–Kier alpha value is -3.51. The number of allylic oxidation sites excluding steroid dienone is 2. The van der Waals surface area contributed by atoms with E-state index in [0.29, 0.717) is 0 Å². The largest absolute Gasteiger partial charge is 0.495 e. The molecule has 0 spiro atoms. The molecule has 0 amide bonds. The molecule has 0 unspecified atom stereocenters. The molecular formula is C54H64O2S3. The molecule has 59 heavy (non-hydrogen) atoms. The van der Waals surface area contributed by atoms with Crippen LogP contribution in [0.5, 0.6) is 11.5 Å². The maximum absolute atomic E-state index is 6.30. The first-order chi connectivity index (χ1) is 29.0. The Balaban J connectivity index is 1.02. The summed E-state index contributed by atoms with van der Waals surface area (Å²) < 4.78 is 15.3. The number of benzene rings is 6. The molecule has 6 aromatic rings. The SMILES string of the molecule is CCCCCCCCCCCCCCCCCCSC1=C(C)S/C(=C(/C)c2ccc3c(-c4c5ccccc5c(OC)c5ccccc45)c4ccccc4c(OC)c3c2)S1. The molecule has 6 aromatic carbocycles. The average Bonchev–Trinajstić information content (AvgIpc) is 3.65. The van der Waals surface area contributed by atoms with Crippen molar-refractivity contribution in [3.63, 3.8) is 0 Å². The van der Waals surface area contributed by atoms with Crippen LogP contribution < -0.4 is 9.47 Å². The summed E-state index contributed by atoms with van der Waals surface area (Å²) in [5.41, 5.74) is 5.04. The van der Waals surface area contributed by atoms with Gasteiger partial charge in [0.2, 0.25) is 0 Å². The molecular weight excluding hydrogens is 777 g/mol. The number of methoxy groups -OCH3 is 2. The zero-order valence-corrected chi connectivity index (χ0v) is 38.7. The highest BCUT2D eigenvalue weighted by Gasteiger charge is 2.24. The summed E-state index contributed by atoms with van der Waals surface area (Å²) in [5.74, 6) is 3.06. The third-order valence-corrected chi connectivity index (χ3v) is 16.6. The monoisotopic (exact) mass is 840 g/mol. The van der Waals surface area contributed by atoms with Crippen LogP contribution in [0.1, 0.15) is 129 Å². The van der Waals surface area contributed by atoms with Gasteiger partial charge in [-0.15, -0.1) is 11.8 Å². The Morgan fingerprint density at radius 2 is 0.898 bits per heavy atom. The first kappa shape index (κ1) is 43.6. The van der Waals surface area contributed by atoms with Crippen LogP contribution in [0.25, 0.3) is 59.8 Å². The minimum atomic E-state index is 0.921. The Labute approximate surface area is 367 Å².